The highest BCUT2D eigenvalue weighted by molar-refractivity contribution is 5.31. The summed E-state index contributed by atoms with van der Waals surface area (Å²) in [5.74, 6) is 0. The van der Waals surface area contributed by atoms with Gasteiger partial charge in [0, 0.05) is 0 Å². The lowest BCUT2D eigenvalue weighted by Gasteiger charge is -2.16. The second-order valence-electron chi connectivity index (χ2n) is 2.83. The molecule has 0 heterocycles. The number of allylic oxidation sites excluding steroid dienone is 4. The van der Waals surface area contributed by atoms with E-state index in [2.05, 4.69) is 39.2 Å². The highest BCUT2D eigenvalue weighted by Crippen LogP contribution is 2.27. The normalized spacial score (nSPS) is 18.4. The fraction of sp³-hybridized carbons (Fsp3) is 0.625. The van der Waals surface area contributed by atoms with E-state index in [0.29, 0.717) is 0 Å². The largest absolute Gasteiger partial charge is 0.106 e. The highest BCUT2D eigenvalue weighted by Gasteiger charge is 2.08. The molecule has 96 valence electrons. The summed E-state index contributed by atoms with van der Waals surface area (Å²) in [4.78, 5) is 0. The fourth-order valence-electron chi connectivity index (χ4n) is 1.61. The molecule has 1 saturated carbocycles. The molecule has 0 aromatic carbocycles. The van der Waals surface area contributed by atoms with Gasteiger partial charge in [-0.15, -0.1) is 13.2 Å². The maximum atomic E-state index is 3.00. The van der Waals surface area contributed by atoms with Crippen molar-refractivity contribution in [1.29, 1.82) is 0 Å². The monoisotopic (exact) mass is 224 g/mol. The molecule has 16 heavy (non-hydrogen) atoms. The van der Waals surface area contributed by atoms with Crippen molar-refractivity contribution in [1.82, 2.24) is 0 Å². The van der Waals surface area contributed by atoms with E-state index in [1.165, 1.54) is 25.7 Å². The van der Waals surface area contributed by atoms with Crippen LogP contribution in [0.1, 0.15) is 67.2 Å². The first-order chi connectivity index (χ1) is 7.88. The lowest BCUT2D eigenvalue weighted by atomic mass is 9.89. The summed E-state index contributed by atoms with van der Waals surface area (Å²) < 4.78 is 0. The average Bonchev–Trinajstić information content (AvgIpc) is 2.45. The van der Waals surface area contributed by atoms with Gasteiger partial charge in [-0.1, -0.05) is 39.8 Å². The zero-order chi connectivity index (χ0) is 13.4. The fourth-order valence-corrected chi connectivity index (χ4v) is 1.61. The molecular weight excluding hydrogens is 192 g/mol. The first-order valence-electron chi connectivity index (χ1n) is 6.69. The molecular formula is C16H32. The second-order valence-corrected chi connectivity index (χ2v) is 2.83. The van der Waals surface area contributed by atoms with Gasteiger partial charge < -0.3 is 0 Å². The van der Waals surface area contributed by atoms with Gasteiger partial charge in [-0.05, 0) is 50.7 Å². The zero-order valence-electron chi connectivity index (χ0n) is 12.4. The zero-order valence-corrected chi connectivity index (χ0v) is 12.4. The van der Waals surface area contributed by atoms with Gasteiger partial charge in [0.05, 0.1) is 0 Å². The predicted molar refractivity (Wildman–Crippen MR) is 79.9 cm³/mol. The number of rotatable bonds is 0. The maximum absolute atomic E-state index is 3.00. The molecule has 1 aliphatic rings. The first kappa shape index (κ1) is 20.6. The van der Waals surface area contributed by atoms with Gasteiger partial charge in [0.1, 0.15) is 0 Å². The molecule has 0 unspecified atom stereocenters. The van der Waals surface area contributed by atoms with Crippen molar-refractivity contribution < 1.29 is 0 Å². The Morgan fingerprint density at radius 1 is 0.750 bits per heavy atom. The van der Waals surface area contributed by atoms with Crippen molar-refractivity contribution >= 4 is 0 Å². The summed E-state index contributed by atoms with van der Waals surface area (Å²) in [6, 6.07) is 0. The Hall–Kier alpha value is -0.780. The van der Waals surface area contributed by atoms with Crippen LogP contribution >= 0.6 is 0 Å². The third-order valence-corrected chi connectivity index (χ3v) is 2.25. The van der Waals surface area contributed by atoms with Crippen LogP contribution in [0.4, 0.5) is 0 Å². The molecule has 1 rings (SSSR count). The molecule has 0 heteroatoms. The Labute approximate surface area is 104 Å². The van der Waals surface area contributed by atoms with Crippen molar-refractivity contribution in [3.05, 3.63) is 36.5 Å². The van der Waals surface area contributed by atoms with Crippen LogP contribution in [0.5, 0.6) is 0 Å². The van der Waals surface area contributed by atoms with Gasteiger partial charge in [0.15, 0.2) is 0 Å². The van der Waals surface area contributed by atoms with E-state index in [-0.39, 0.29) is 0 Å². The smallest absolute Gasteiger partial charge is 0.0279 e. The molecule has 0 aromatic heterocycles. The van der Waals surface area contributed by atoms with Crippen molar-refractivity contribution in [2.75, 3.05) is 0 Å². The summed E-state index contributed by atoms with van der Waals surface area (Å²) in [6.07, 6.45) is 9.89. The van der Waals surface area contributed by atoms with Crippen LogP contribution in [0.2, 0.25) is 0 Å². The minimum Gasteiger partial charge on any atom is -0.106 e. The molecule has 0 spiro atoms. The van der Waals surface area contributed by atoms with Crippen LogP contribution in [0.3, 0.4) is 0 Å². The van der Waals surface area contributed by atoms with Crippen molar-refractivity contribution in [2.24, 2.45) is 0 Å². The summed E-state index contributed by atoms with van der Waals surface area (Å²) >= 11 is 0. The Kier molecular flexibility index (Phi) is 25.4. The Bertz CT molecular complexity index is 152. The van der Waals surface area contributed by atoms with Crippen LogP contribution in [-0.2, 0) is 0 Å². The quantitative estimate of drug-likeness (QED) is 0.423. The van der Waals surface area contributed by atoms with Crippen LogP contribution in [0.25, 0.3) is 0 Å². The molecule has 0 nitrogen and oxygen atoms in total. The molecule has 0 amide bonds. The van der Waals surface area contributed by atoms with Gasteiger partial charge in [0.25, 0.3) is 0 Å². The molecule has 0 aromatic rings. The summed E-state index contributed by atoms with van der Waals surface area (Å²) in [5, 5.41) is 0. The van der Waals surface area contributed by atoms with Gasteiger partial charge in [-0.2, -0.15) is 0 Å². The summed E-state index contributed by atoms with van der Waals surface area (Å²) in [5.41, 5.74) is 3.16. The minimum atomic E-state index is 1.30. The Morgan fingerprint density at radius 2 is 1.00 bits per heavy atom. The third-order valence-electron chi connectivity index (χ3n) is 2.25. The van der Waals surface area contributed by atoms with Gasteiger partial charge in [0.2, 0.25) is 0 Å². The van der Waals surface area contributed by atoms with E-state index in [0.717, 1.165) is 0 Å². The van der Waals surface area contributed by atoms with Crippen LogP contribution in [-0.4, -0.2) is 0 Å². The van der Waals surface area contributed by atoms with Gasteiger partial charge in [-0.3, -0.25) is 0 Å². The molecule has 0 atom stereocenters. The molecule has 0 aliphatic heterocycles. The van der Waals surface area contributed by atoms with E-state index in [4.69, 9.17) is 0 Å². The SMILES string of the molecule is C/C=C1/CCCC/C1=C/C.C=C.CC.CC. The van der Waals surface area contributed by atoms with Crippen molar-refractivity contribution in [3.63, 3.8) is 0 Å². The molecule has 0 N–H and O–H groups in total. The number of hydrogen-bond acceptors (Lipinski definition) is 0. The van der Waals surface area contributed by atoms with E-state index in [1.807, 2.05) is 27.7 Å². The van der Waals surface area contributed by atoms with Crippen LogP contribution in [0.15, 0.2) is 36.5 Å². The highest BCUT2D eigenvalue weighted by atomic mass is 14.1. The van der Waals surface area contributed by atoms with Crippen LogP contribution < -0.4 is 0 Å². The third kappa shape index (κ3) is 9.76. The summed E-state index contributed by atoms with van der Waals surface area (Å²) in [6.45, 7) is 18.3. The van der Waals surface area contributed by atoms with Gasteiger partial charge >= 0.3 is 0 Å². The second kappa shape index (κ2) is 19.7. The van der Waals surface area contributed by atoms with Crippen LogP contribution in [0, 0.1) is 0 Å². The molecule has 0 saturated heterocycles. The lowest BCUT2D eigenvalue weighted by Crippen LogP contribution is -1.97. The van der Waals surface area contributed by atoms with Crippen molar-refractivity contribution in [3.8, 4) is 0 Å². The lowest BCUT2D eigenvalue weighted by molar-refractivity contribution is 0.677. The summed E-state index contributed by atoms with van der Waals surface area (Å²) in [7, 11) is 0. The maximum Gasteiger partial charge on any atom is -0.0279 e. The predicted octanol–water partition coefficient (Wildman–Crippen LogP) is 6.31. The molecule has 1 fully saturated rings. The Morgan fingerprint density at radius 3 is 1.19 bits per heavy atom. The topological polar surface area (TPSA) is 0 Å². The standard InChI is InChI=1S/C10H16.2C2H6.C2H4/c1-3-9-7-5-6-8-10(9)4-2;3*1-2/h3-4H,5-8H2,1-2H3;2*1-2H3;1-2H2/b9-3-,10-4-;;;. The van der Waals surface area contributed by atoms with E-state index >= 15 is 0 Å². The molecule has 0 bridgehead atoms. The molecule has 0 radical (unpaired) electrons. The minimum absolute atomic E-state index is 1.30. The molecule has 1 aliphatic carbocycles. The Balaban J connectivity index is -0.000000245. The van der Waals surface area contributed by atoms with E-state index < -0.39 is 0 Å². The van der Waals surface area contributed by atoms with Gasteiger partial charge in [-0.25, -0.2) is 0 Å². The van der Waals surface area contributed by atoms with Crippen molar-refractivity contribution in [2.45, 2.75) is 67.2 Å². The first-order valence-corrected chi connectivity index (χ1v) is 6.69. The van der Waals surface area contributed by atoms with E-state index in [1.54, 1.807) is 11.1 Å². The number of hydrogen-bond donors (Lipinski definition) is 0. The van der Waals surface area contributed by atoms with E-state index in [9.17, 15) is 0 Å². The average molecular weight is 224 g/mol.